The average molecular weight is 488 g/mol. The second-order valence-corrected chi connectivity index (χ2v) is 10.2. The van der Waals surface area contributed by atoms with E-state index >= 15 is 0 Å². The minimum absolute atomic E-state index is 0.128. The van der Waals surface area contributed by atoms with Gasteiger partial charge in [-0.25, -0.2) is 0 Å². The SMILES string of the molecule is CCOc1ccc(NC(=O)[C@H]2[C@H]3C(=O)N([C@H](C)CO)C(C(=O)NC(C)C)C34CC[C@]2(CC)O4)cc1. The van der Waals surface area contributed by atoms with Crippen molar-refractivity contribution >= 4 is 23.4 Å². The maximum atomic E-state index is 13.9. The molecule has 3 fully saturated rings. The van der Waals surface area contributed by atoms with Gasteiger partial charge < -0.3 is 30.1 Å². The second kappa shape index (κ2) is 9.43. The van der Waals surface area contributed by atoms with Gasteiger partial charge >= 0.3 is 0 Å². The van der Waals surface area contributed by atoms with Gasteiger partial charge in [-0.1, -0.05) is 6.92 Å². The molecule has 2 bridgehead atoms. The minimum atomic E-state index is -1.10. The number of carbonyl (C=O) groups is 3. The van der Waals surface area contributed by atoms with E-state index in [0.29, 0.717) is 37.3 Å². The molecule has 0 aliphatic carbocycles. The Bertz CT molecular complexity index is 982. The molecule has 9 heteroatoms. The highest BCUT2D eigenvalue weighted by Gasteiger charge is 2.78. The standard InChI is InChI=1S/C26H37N3O6/c1-6-25-12-13-26(35-25)20(19(25)22(31)28-17-8-10-18(11-9-17)34-7-2)24(33)29(16(5)14-30)21(26)23(32)27-15(3)4/h8-11,15-16,19-21,30H,6-7,12-14H2,1-5H3,(H,27,32)(H,28,31)/t16-,19-,20+,21?,25+,26?/m1/s1. The van der Waals surface area contributed by atoms with Crippen LogP contribution in [-0.4, -0.2) is 70.3 Å². The number of amides is 3. The van der Waals surface area contributed by atoms with Crippen LogP contribution in [0.25, 0.3) is 0 Å². The molecule has 3 amide bonds. The van der Waals surface area contributed by atoms with Gasteiger partial charge in [0, 0.05) is 11.7 Å². The molecular weight excluding hydrogens is 450 g/mol. The van der Waals surface area contributed by atoms with Crippen LogP contribution in [0.1, 0.15) is 53.9 Å². The van der Waals surface area contributed by atoms with Crippen LogP contribution in [-0.2, 0) is 19.1 Å². The van der Waals surface area contributed by atoms with Gasteiger partial charge in [0.25, 0.3) is 0 Å². The molecule has 6 atom stereocenters. The maximum absolute atomic E-state index is 13.9. The zero-order chi connectivity index (χ0) is 25.5. The third-order valence-electron chi connectivity index (χ3n) is 7.75. The number of fused-ring (bicyclic) bond motifs is 1. The summed E-state index contributed by atoms with van der Waals surface area (Å²) in [6, 6.07) is 5.48. The van der Waals surface area contributed by atoms with Gasteiger partial charge in [0.05, 0.1) is 36.7 Å². The normalized spacial score (nSPS) is 32.0. The number of benzene rings is 1. The number of hydrogen-bond donors (Lipinski definition) is 3. The summed E-state index contributed by atoms with van der Waals surface area (Å²) in [4.78, 5) is 42.5. The first kappa shape index (κ1) is 25.4. The molecule has 2 unspecified atom stereocenters. The van der Waals surface area contributed by atoms with Gasteiger partial charge in [-0.15, -0.1) is 0 Å². The van der Waals surface area contributed by atoms with E-state index in [1.165, 1.54) is 4.90 Å². The Morgan fingerprint density at radius 2 is 1.86 bits per heavy atom. The zero-order valence-corrected chi connectivity index (χ0v) is 21.2. The van der Waals surface area contributed by atoms with Crippen molar-refractivity contribution in [3.8, 4) is 5.75 Å². The van der Waals surface area contributed by atoms with Crippen molar-refractivity contribution in [2.45, 2.75) is 83.2 Å². The summed E-state index contributed by atoms with van der Waals surface area (Å²) < 4.78 is 12.1. The fourth-order valence-electron chi connectivity index (χ4n) is 6.30. The molecule has 3 heterocycles. The molecule has 192 valence electrons. The van der Waals surface area contributed by atoms with Crippen LogP contribution in [0.15, 0.2) is 24.3 Å². The van der Waals surface area contributed by atoms with Crippen molar-refractivity contribution in [1.29, 1.82) is 0 Å². The zero-order valence-electron chi connectivity index (χ0n) is 21.2. The highest BCUT2D eigenvalue weighted by Crippen LogP contribution is 2.64. The largest absolute Gasteiger partial charge is 0.494 e. The first-order chi connectivity index (χ1) is 16.6. The van der Waals surface area contributed by atoms with E-state index in [1.54, 1.807) is 31.2 Å². The summed E-state index contributed by atoms with van der Waals surface area (Å²) in [7, 11) is 0. The van der Waals surface area contributed by atoms with Crippen molar-refractivity contribution in [3.05, 3.63) is 24.3 Å². The van der Waals surface area contributed by atoms with Crippen molar-refractivity contribution < 1.29 is 29.0 Å². The Balaban J connectivity index is 1.70. The highest BCUT2D eigenvalue weighted by molar-refractivity contribution is 6.02. The van der Waals surface area contributed by atoms with Crippen LogP contribution in [0.3, 0.4) is 0 Å². The third-order valence-corrected chi connectivity index (χ3v) is 7.75. The van der Waals surface area contributed by atoms with Crippen LogP contribution in [0, 0.1) is 11.8 Å². The highest BCUT2D eigenvalue weighted by atomic mass is 16.5. The second-order valence-electron chi connectivity index (χ2n) is 10.2. The molecule has 1 aromatic rings. The summed E-state index contributed by atoms with van der Waals surface area (Å²) in [5, 5.41) is 15.8. The molecule has 0 radical (unpaired) electrons. The van der Waals surface area contributed by atoms with Crippen molar-refractivity contribution in [2.75, 3.05) is 18.5 Å². The summed E-state index contributed by atoms with van der Waals surface area (Å²) in [6.45, 7) is 9.54. The van der Waals surface area contributed by atoms with Crippen molar-refractivity contribution in [2.24, 2.45) is 11.8 Å². The number of nitrogens with one attached hydrogen (secondary N) is 2. The average Bonchev–Trinajstić information content (AvgIpc) is 3.43. The molecule has 3 saturated heterocycles. The number of nitrogens with zero attached hydrogens (tertiary/aromatic N) is 1. The lowest BCUT2D eigenvalue weighted by atomic mass is 9.65. The number of hydrogen-bond acceptors (Lipinski definition) is 6. The Morgan fingerprint density at radius 3 is 2.43 bits per heavy atom. The van der Waals surface area contributed by atoms with Crippen LogP contribution in [0.2, 0.25) is 0 Å². The molecule has 3 N–H and O–H groups in total. The summed E-state index contributed by atoms with van der Waals surface area (Å²) >= 11 is 0. The van der Waals surface area contributed by atoms with Gasteiger partial charge in [-0.2, -0.15) is 0 Å². The van der Waals surface area contributed by atoms with Gasteiger partial charge in [0.15, 0.2) is 0 Å². The number of anilines is 1. The van der Waals surface area contributed by atoms with Crippen LogP contribution in [0.4, 0.5) is 5.69 Å². The predicted octanol–water partition coefficient (Wildman–Crippen LogP) is 2.08. The Kier molecular flexibility index (Phi) is 6.85. The lowest BCUT2D eigenvalue weighted by Gasteiger charge is -2.36. The number of aliphatic hydroxyl groups excluding tert-OH is 1. The van der Waals surface area contributed by atoms with Gasteiger partial charge in [0.2, 0.25) is 17.7 Å². The van der Waals surface area contributed by atoms with Crippen molar-refractivity contribution in [1.82, 2.24) is 10.2 Å². The summed E-state index contributed by atoms with van der Waals surface area (Å²) in [5.74, 6) is -1.75. The van der Waals surface area contributed by atoms with E-state index in [9.17, 15) is 19.5 Å². The molecular formula is C26H37N3O6. The van der Waals surface area contributed by atoms with Gasteiger partial charge in [0.1, 0.15) is 17.4 Å². The smallest absolute Gasteiger partial charge is 0.246 e. The van der Waals surface area contributed by atoms with E-state index in [0.717, 1.165) is 0 Å². The molecule has 0 saturated carbocycles. The molecule has 9 nitrogen and oxygen atoms in total. The van der Waals surface area contributed by atoms with Crippen molar-refractivity contribution in [3.63, 3.8) is 0 Å². The van der Waals surface area contributed by atoms with E-state index in [2.05, 4.69) is 10.6 Å². The summed E-state index contributed by atoms with van der Waals surface area (Å²) in [6.07, 6.45) is 1.64. The molecule has 1 aromatic carbocycles. The number of ether oxygens (including phenoxy) is 2. The molecule has 1 spiro atoms. The van der Waals surface area contributed by atoms with E-state index in [-0.39, 0.29) is 30.4 Å². The molecule has 0 aromatic heterocycles. The lowest BCUT2D eigenvalue weighted by Crippen LogP contribution is -2.58. The molecule has 35 heavy (non-hydrogen) atoms. The Morgan fingerprint density at radius 1 is 1.17 bits per heavy atom. The maximum Gasteiger partial charge on any atom is 0.246 e. The first-order valence-corrected chi connectivity index (χ1v) is 12.6. The topological polar surface area (TPSA) is 117 Å². The number of aliphatic hydroxyl groups is 1. The number of rotatable bonds is 9. The van der Waals surface area contributed by atoms with Crippen LogP contribution < -0.4 is 15.4 Å². The molecule has 3 aliphatic heterocycles. The van der Waals surface area contributed by atoms with Gasteiger partial charge in [-0.3, -0.25) is 14.4 Å². The molecule has 3 aliphatic rings. The quantitative estimate of drug-likeness (QED) is 0.491. The molecule has 4 rings (SSSR count). The van der Waals surface area contributed by atoms with Gasteiger partial charge in [-0.05, 0) is 71.2 Å². The number of carbonyl (C=O) groups excluding carboxylic acids is 3. The Labute approximate surface area is 206 Å². The predicted molar refractivity (Wildman–Crippen MR) is 130 cm³/mol. The van der Waals surface area contributed by atoms with E-state index in [1.807, 2.05) is 27.7 Å². The third kappa shape index (κ3) is 3.98. The van der Waals surface area contributed by atoms with Crippen LogP contribution in [0.5, 0.6) is 5.75 Å². The monoisotopic (exact) mass is 487 g/mol. The summed E-state index contributed by atoms with van der Waals surface area (Å²) in [5.41, 5.74) is -1.32. The fourth-order valence-corrected chi connectivity index (χ4v) is 6.30. The Hall–Kier alpha value is -2.65. The van der Waals surface area contributed by atoms with E-state index in [4.69, 9.17) is 9.47 Å². The van der Waals surface area contributed by atoms with Crippen LogP contribution >= 0.6 is 0 Å². The minimum Gasteiger partial charge on any atom is -0.494 e. The number of likely N-dealkylation sites (tertiary alicyclic amines) is 1. The fraction of sp³-hybridized carbons (Fsp3) is 0.654. The lowest BCUT2D eigenvalue weighted by molar-refractivity contribution is -0.149. The van der Waals surface area contributed by atoms with E-state index < -0.39 is 35.1 Å². The first-order valence-electron chi connectivity index (χ1n) is 12.6.